The summed E-state index contributed by atoms with van der Waals surface area (Å²) in [6.07, 6.45) is 1.73. The number of methoxy groups -OCH3 is 1. The number of amides is 1. The van der Waals surface area contributed by atoms with Crippen LogP contribution in [0, 0.1) is 5.92 Å². The van der Waals surface area contributed by atoms with Gasteiger partial charge in [0.15, 0.2) is 0 Å². The maximum atomic E-state index is 13.1. The van der Waals surface area contributed by atoms with E-state index in [4.69, 9.17) is 9.72 Å². The summed E-state index contributed by atoms with van der Waals surface area (Å²) in [6.45, 7) is 2.93. The second kappa shape index (κ2) is 9.68. The lowest BCUT2D eigenvalue weighted by molar-refractivity contribution is -0.150. The standard InChI is InChI=1S/C27H29N3O3S/c1-33-26(32)22-16-25(31)30(17-20-8-4-2-5-9-20)27(22)12-14-29(15-13-27)18-24-28-23(19-34-24)21-10-6-3-7-11-21/h2-11,19,22H,12-18H2,1H3. The van der Waals surface area contributed by atoms with Crippen LogP contribution < -0.4 is 0 Å². The number of rotatable bonds is 6. The third-order valence-electron chi connectivity index (χ3n) is 7.24. The van der Waals surface area contributed by atoms with Gasteiger partial charge in [-0.2, -0.15) is 0 Å². The summed E-state index contributed by atoms with van der Waals surface area (Å²) in [6, 6.07) is 20.2. The van der Waals surface area contributed by atoms with Crippen LogP contribution in [-0.2, 0) is 27.4 Å². The first kappa shape index (κ1) is 22.7. The molecule has 1 spiro atoms. The van der Waals surface area contributed by atoms with E-state index < -0.39 is 11.5 Å². The Morgan fingerprint density at radius 3 is 2.41 bits per heavy atom. The smallest absolute Gasteiger partial charge is 0.311 e. The molecular weight excluding hydrogens is 446 g/mol. The van der Waals surface area contributed by atoms with E-state index >= 15 is 0 Å². The highest BCUT2D eigenvalue weighted by molar-refractivity contribution is 7.09. The van der Waals surface area contributed by atoms with Crippen molar-refractivity contribution in [1.29, 1.82) is 0 Å². The first-order valence-electron chi connectivity index (χ1n) is 11.7. The molecule has 5 rings (SSSR count). The van der Waals surface area contributed by atoms with Crippen molar-refractivity contribution in [3.8, 4) is 11.3 Å². The molecule has 1 atom stereocenters. The van der Waals surface area contributed by atoms with Gasteiger partial charge < -0.3 is 9.64 Å². The monoisotopic (exact) mass is 475 g/mol. The van der Waals surface area contributed by atoms with Gasteiger partial charge in [-0.15, -0.1) is 11.3 Å². The number of hydrogen-bond donors (Lipinski definition) is 0. The summed E-state index contributed by atoms with van der Waals surface area (Å²) in [4.78, 5) is 35.0. The zero-order chi connectivity index (χ0) is 23.5. The normalized spacial score (nSPS) is 20.1. The minimum atomic E-state index is -0.491. The summed E-state index contributed by atoms with van der Waals surface area (Å²) in [7, 11) is 1.42. The SMILES string of the molecule is COC(=O)C1CC(=O)N(Cc2ccccc2)C12CCN(Cc1nc(-c3ccccc3)cs1)CC2. The van der Waals surface area contributed by atoms with Crippen molar-refractivity contribution in [2.75, 3.05) is 20.2 Å². The molecule has 1 aromatic heterocycles. The van der Waals surface area contributed by atoms with Crippen molar-refractivity contribution >= 4 is 23.2 Å². The second-order valence-corrected chi connectivity index (χ2v) is 10.1. The molecule has 0 saturated carbocycles. The van der Waals surface area contributed by atoms with E-state index in [0.717, 1.165) is 54.3 Å². The van der Waals surface area contributed by atoms with Crippen LogP contribution >= 0.6 is 11.3 Å². The quantitative estimate of drug-likeness (QED) is 0.496. The van der Waals surface area contributed by atoms with Gasteiger partial charge in [0, 0.05) is 37.0 Å². The van der Waals surface area contributed by atoms with Gasteiger partial charge in [-0.1, -0.05) is 60.7 Å². The van der Waals surface area contributed by atoms with Gasteiger partial charge in [-0.05, 0) is 18.4 Å². The number of esters is 1. The number of likely N-dealkylation sites (tertiary alicyclic amines) is 2. The molecule has 7 heteroatoms. The number of piperidine rings is 1. The summed E-state index contributed by atoms with van der Waals surface area (Å²) in [5.74, 6) is -0.648. The Bertz CT molecular complexity index is 1140. The molecule has 0 radical (unpaired) electrons. The third kappa shape index (κ3) is 4.38. The number of hydrogen-bond acceptors (Lipinski definition) is 6. The Morgan fingerprint density at radius 1 is 1.06 bits per heavy atom. The number of nitrogens with zero attached hydrogens (tertiary/aromatic N) is 3. The molecule has 3 heterocycles. The third-order valence-corrected chi connectivity index (χ3v) is 8.07. The van der Waals surface area contributed by atoms with Crippen LogP contribution in [0.3, 0.4) is 0 Å². The highest BCUT2D eigenvalue weighted by atomic mass is 32.1. The highest BCUT2D eigenvalue weighted by Crippen LogP contribution is 2.45. The van der Waals surface area contributed by atoms with Gasteiger partial charge >= 0.3 is 5.97 Å². The summed E-state index contributed by atoms with van der Waals surface area (Å²) < 4.78 is 5.14. The van der Waals surface area contributed by atoms with Gasteiger partial charge in [0.2, 0.25) is 5.91 Å². The molecule has 0 N–H and O–H groups in total. The van der Waals surface area contributed by atoms with E-state index in [1.165, 1.54) is 7.11 Å². The maximum absolute atomic E-state index is 13.1. The predicted molar refractivity (Wildman–Crippen MR) is 132 cm³/mol. The highest BCUT2D eigenvalue weighted by Gasteiger charge is 2.56. The van der Waals surface area contributed by atoms with Gasteiger partial charge in [-0.25, -0.2) is 4.98 Å². The first-order valence-corrected chi connectivity index (χ1v) is 12.6. The lowest BCUT2D eigenvalue weighted by Crippen LogP contribution is -2.57. The molecule has 2 aromatic carbocycles. The molecule has 2 aliphatic heterocycles. The topological polar surface area (TPSA) is 62.7 Å². The van der Waals surface area contributed by atoms with E-state index in [9.17, 15) is 9.59 Å². The summed E-state index contributed by atoms with van der Waals surface area (Å²) in [5.41, 5.74) is 2.73. The maximum Gasteiger partial charge on any atom is 0.311 e. The fraction of sp³-hybridized carbons (Fsp3) is 0.370. The molecule has 2 saturated heterocycles. The predicted octanol–water partition coefficient (Wildman–Crippen LogP) is 4.37. The largest absolute Gasteiger partial charge is 0.469 e. The molecule has 0 aliphatic carbocycles. The molecule has 1 unspecified atom stereocenters. The fourth-order valence-corrected chi connectivity index (χ4v) is 6.25. The average molecular weight is 476 g/mol. The second-order valence-electron chi connectivity index (χ2n) is 9.12. The summed E-state index contributed by atoms with van der Waals surface area (Å²) >= 11 is 1.68. The van der Waals surface area contributed by atoms with Gasteiger partial charge in [0.1, 0.15) is 5.01 Å². The number of aromatic nitrogens is 1. The van der Waals surface area contributed by atoms with Crippen molar-refractivity contribution < 1.29 is 14.3 Å². The molecule has 0 bridgehead atoms. The zero-order valence-corrected chi connectivity index (χ0v) is 20.2. The van der Waals surface area contributed by atoms with Crippen LogP contribution in [0.4, 0.5) is 0 Å². The molecule has 2 fully saturated rings. The van der Waals surface area contributed by atoms with Crippen LogP contribution in [0.5, 0.6) is 0 Å². The molecule has 34 heavy (non-hydrogen) atoms. The molecule has 6 nitrogen and oxygen atoms in total. The van der Waals surface area contributed by atoms with Crippen molar-refractivity contribution in [2.24, 2.45) is 5.92 Å². The van der Waals surface area contributed by atoms with Crippen LogP contribution in [0.1, 0.15) is 29.8 Å². The van der Waals surface area contributed by atoms with Crippen molar-refractivity contribution in [3.05, 3.63) is 76.6 Å². The van der Waals surface area contributed by atoms with E-state index in [0.29, 0.717) is 6.54 Å². The van der Waals surface area contributed by atoms with E-state index in [2.05, 4.69) is 22.4 Å². The van der Waals surface area contributed by atoms with E-state index in [-0.39, 0.29) is 18.3 Å². The summed E-state index contributed by atoms with van der Waals surface area (Å²) in [5, 5.41) is 3.20. The van der Waals surface area contributed by atoms with Crippen molar-refractivity contribution in [2.45, 2.75) is 37.9 Å². The first-order chi connectivity index (χ1) is 16.6. The van der Waals surface area contributed by atoms with Crippen LogP contribution in [0.2, 0.25) is 0 Å². The Morgan fingerprint density at radius 2 is 1.74 bits per heavy atom. The average Bonchev–Trinajstić information content (AvgIpc) is 3.45. The lowest BCUT2D eigenvalue weighted by Gasteiger charge is -2.47. The van der Waals surface area contributed by atoms with E-state index in [1.807, 2.05) is 53.4 Å². The van der Waals surface area contributed by atoms with Crippen molar-refractivity contribution in [1.82, 2.24) is 14.8 Å². The van der Waals surface area contributed by atoms with Crippen molar-refractivity contribution in [3.63, 3.8) is 0 Å². The molecule has 2 aliphatic rings. The Kier molecular flexibility index (Phi) is 6.48. The number of carbonyl (C=O) groups is 2. The zero-order valence-electron chi connectivity index (χ0n) is 19.4. The Balaban J connectivity index is 1.31. The fourth-order valence-electron chi connectivity index (χ4n) is 5.40. The van der Waals surface area contributed by atoms with Crippen LogP contribution in [0.15, 0.2) is 66.0 Å². The minimum Gasteiger partial charge on any atom is -0.469 e. The number of thiazole rings is 1. The van der Waals surface area contributed by atoms with Crippen LogP contribution in [-0.4, -0.2) is 52.4 Å². The Hall–Kier alpha value is -3.03. The van der Waals surface area contributed by atoms with Crippen LogP contribution in [0.25, 0.3) is 11.3 Å². The van der Waals surface area contributed by atoms with Gasteiger partial charge in [0.25, 0.3) is 0 Å². The molecular formula is C27H29N3O3S. The minimum absolute atomic E-state index is 0.0418. The van der Waals surface area contributed by atoms with Gasteiger partial charge in [-0.3, -0.25) is 14.5 Å². The Labute approximate surface area is 204 Å². The number of ether oxygens (including phenoxy) is 1. The molecule has 176 valence electrons. The molecule has 1 amide bonds. The lowest BCUT2D eigenvalue weighted by atomic mass is 9.76. The number of benzene rings is 2. The van der Waals surface area contributed by atoms with Gasteiger partial charge in [0.05, 0.1) is 30.8 Å². The number of carbonyl (C=O) groups excluding carboxylic acids is 2. The molecule has 3 aromatic rings. The van der Waals surface area contributed by atoms with E-state index in [1.54, 1.807) is 11.3 Å².